The van der Waals surface area contributed by atoms with Crippen molar-refractivity contribution in [3.63, 3.8) is 0 Å². The molecule has 9 nitrogen and oxygen atoms in total. The molecule has 0 aliphatic carbocycles. The van der Waals surface area contributed by atoms with Crippen molar-refractivity contribution in [3.8, 4) is 11.3 Å². The Bertz CT molecular complexity index is 1340. The fourth-order valence-electron chi connectivity index (χ4n) is 4.78. The number of aryl methyl sites for hydroxylation is 1. The molecule has 0 bridgehead atoms. The predicted octanol–water partition coefficient (Wildman–Crippen LogP) is 4.19. The summed E-state index contributed by atoms with van der Waals surface area (Å²) in [7, 11) is 0. The topological polar surface area (TPSA) is 87.9 Å². The van der Waals surface area contributed by atoms with E-state index in [1.54, 1.807) is 18.5 Å². The van der Waals surface area contributed by atoms with E-state index in [9.17, 15) is 4.39 Å². The van der Waals surface area contributed by atoms with E-state index < -0.39 is 0 Å². The Morgan fingerprint density at radius 1 is 0.944 bits per heavy atom. The fourth-order valence-corrected chi connectivity index (χ4v) is 4.78. The van der Waals surface area contributed by atoms with Crippen LogP contribution in [-0.2, 0) is 6.54 Å². The van der Waals surface area contributed by atoms with Crippen molar-refractivity contribution in [2.75, 3.05) is 38.0 Å². The second-order valence-corrected chi connectivity index (χ2v) is 9.47. The highest BCUT2D eigenvalue weighted by molar-refractivity contribution is 5.83. The number of aromatic nitrogens is 6. The van der Waals surface area contributed by atoms with Gasteiger partial charge in [-0.2, -0.15) is 0 Å². The van der Waals surface area contributed by atoms with Crippen LogP contribution in [0.3, 0.4) is 0 Å². The van der Waals surface area contributed by atoms with Gasteiger partial charge in [-0.05, 0) is 39.4 Å². The van der Waals surface area contributed by atoms with Gasteiger partial charge in [0, 0.05) is 50.4 Å². The summed E-state index contributed by atoms with van der Waals surface area (Å²) in [5.74, 6) is 1.57. The first-order valence-electron chi connectivity index (χ1n) is 12.4. The second-order valence-electron chi connectivity index (χ2n) is 9.47. The third-order valence-corrected chi connectivity index (χ3v) is 6.66. The lowest BCUT2D eigenvalue weighted by Crippen LogP contribution is -2.45. The van der Waals surface area contributed by atoms with E-state index in [2.05, 4.69) is 60.8 Å². The van der Waals surface area contributed by atoms with Crippen molar-refractivity contribution < 1.29 is 4.39 Å². The monoisotopic (exact) mass is 489 g/mol. The maximum Gasteiger partial charge on any atom is 0.151 e. The summed E-state index contributed by atoms with van der Waals surface area (Å²) in [5.41, 5.74) is 3.34. The molecule has 10 heteroatoms. The molecule has 0 amide bonds. The van der Waals surface area contributed by atoms with Crippen LogP contribution in [0.4, 0.5) is 16.0 Å². The molecule has 188 valence electrons. The summed E-state index contributed by atoms with van der Waals surface area (Å²) >= 11 is 0. The minimum atomic E-state index is -0.365. The van der Waals surface area contributed by atoms with Crippen molar-refractivity contribution in [3.05, 3.63) is 54.3 Å². The first-order chi connectivity index (χ1) is 17.4. The summed E-state index contributed by atoms with van der Waals surface area (Å²) in [6.45, 7) is 14.4. The second kappa shape index (κ2) is 10.2. The van der Waals surface area contributed by atoms with Crippen LogP contribution in [0.1, 0.15) is 38.3 Å². The van der Waals surface area contributed by atoms with Crippen molar-refractivity contribution in [2.24, 2.45) is 0 Å². The summed E-state index contributed by atoms with van der Waals surface area (Å²) in [4.78, 5) is 27.1. The molecule has 1 aliphatic rings. The van der Waals surface area contributed by atoms with Gasteiger partial charge in [-0.15, -0.1) is 0 Å². The maximum absolute atomic E-state index is 14.9. The van der Waals surface area contributed by atoms with Crippen LogP contribution >= 0.6 is 0 Å². The van der Waals surface area contributed by atoms with Gasteiger partial charge in [0.2, 0.25) is 0 Å². The zero-order valence-corrected chi connectivity index (χ0v) is 21.2. The molecule has 0 radical (unpaired) electrons. The normalized spacial score (nSPS) is 15.2. The molecule has 0 spiro atoms. The van der Waals surface area contributed by atoms with Crippen molar-refractivity contribution in [2.45, 2.75) is 40.3 Å². The lowest BCUT2D eigenvalue weighted by Gasteiger charge is -2.33. The van der Waals surface area contributed by atoms with Crippen LogP contribution in [0.5, 0.6) is 0 Å². The zero-order valence-electron chi connectivity index (χ0n) is 21.2. The molecule has 1 aliphatic heterocycles. The van der Waals surface area contributed by atoms with Gasteiger partial charge in [-0.25, -0.2) is 24.3 Å². The number of nitrogens with one attached hydrogen (secondary N) is 1. The van der Waals surface area contributed by atoms with Crippen LogP contribution in [-0.4, -0.2) is 72.0 Å². The minimum Gasteiger partial charge on any atom is -0.326 e. The lowest BCUT2D eigenvalue weighted by molar-refractivity contribution is 0.130. The molecule has 1 saturated heterocycles. The highest BCUT2D eigenvalue weighted by atomic mass is 19.1. The Labute approximate surface area is 210 Å². The number of piperazine rings is 1. The molecule has 36 heavy (non-hydrogen) atoms. The van der Waals surface area contributed by atoms with Gasteiger partial charge in [-0.1, -0.05) is 6.92 Å². The van der Waals surface area contributed by atoms with Crippen LogP contribution < -0.4 is 5.32 Å². The van der Waals surface area contributed by atoms with Crippen LogP contribution in [0.15, 0.2) is 36.9 Å². The number of nitrogens with zero attached hydrogens (tertiary/aromatic N) is 8. The molecule has 4 aromatic rings. The standard InChI is InChI=1S/C26H32FN9/c1-5-34-6-8-35(9-7-34)15-20-13-29-25(14-28-20)33-24-12-22(30-16-31-24)19-10-21(27)26-23(11-19)36(17(2)3)18(4)32-26/h10-14,16-17H,5-9,15H2,1-4H3,(H,29,30,31,33). The van der Waals surface area contributed by atoms with E-state index in [0.717, 1.165) is 56.3 Å². The average molecular weight is 490 g/mol. The molecule has 0 saturated carbocycles. The van der Waals surface area contributed by atoms with Gasteiger partial charge >= 0.3 is 0 Å². The molecule has 1 fully saturated rings. The first-order valence-corrected chi connectivity index (χ1v) is 12.4. The van der Waals surface area contributed by atoms with Gasteiger partial charge in [0.1, 0.15) is 29.3 Å². The van der Waals surface area contributed by atoms with E-state index in [4.69, 9.17) is 0 Å². The number of anilines is 2. The Kier molecular flexibility index (Phi) is 6.88. The SMILES string of the molecule is CCN1CCN(Cc2cnc(Nc3cc(-c4cc(F)c5nc(C)n(C(C)C)c5c4)ncn3)cn2)CC1. The van der Waals surface area contributed by atoms with E-state index in [1.165, 1.54) is 12.4 Å². The number of fused-ring (bicyclic) bond motifs is 1. The third-order valence-electron chi connectivity index (χ3n) is 6.66. The van der Waals surface area contributed by atoms with Crippen molar-refractivity contribution >= 4 is 22.7 Å². The van der Waals surface area contributed by atoms with Gasteiger partial charge < -0.3 is 14.8 Å². The van der Waals surface area contributed by atoms with E-state index >= 15 is 0 Å². The molecule has 0 atom stereocenters. The molecule has 3 aromatic heterocycles. The fraction of sp³-hybridized carbons (Fsp3) is 0.423. The predicted molar refractivity (Wildman–Crippen MR) is 139 cm³/mol. The van der Waals surface area contributed by atoms with Crippen LogP contribution in [0.2, 0.25) is 0 Å². The van der Waals surface area contributed by atoms with E-state index in [-0.39, 0.29) is 11.9 Å². The number of likely N-dealkylation sites (N-methyl/N-ethyl adjacent to an activating group) is 1. The Balaban J connectivity index is 1.31. The number of imidazole rings is 1. The third kappa shape index (κ3) is 5.05. The number of hydrogen-bond donors (Lipinski definition) is 1. The zero-order chi connectivity index (χ0) is 25.2. The van der Waals surface area contributed by atoms with Gasteiger partial charge in [0.25, 0.3) is 0 Å². The van der Waals surface area contributed by atoms with Gasteiger partial charge in [-0.3, -0.25) is 9.88 Å². The Hall–Kier alpha value is -3.50. The molecule has 4 heterocycles. The highest BCUT2D eigenvalue weighted by Crippen LogP contribution is 2.29. The van der Waals surface area contributed by atoms with E-state index in [0.29, 0.717) is 28.4 Å². The Morgan fingerprint density at radius 3 is 2.42 bits per heavy atom. The summed E-state index contributed by atoms with van der Waals surface area (Å²) in [6.07, 6.45) is 4.98. The Morgan fingerprint density at radius 2 is 1.72 bits per heavy atom. The number of halogens is 1. The maximum atomic E-state index is 14.9. The molecule has 0 unspecified atom stereocenters. The number of benzene rings is 1. The molecule has 1 aromatic carbocycles. The van der Waals surface area contributed by atoms with Crippen molar-refractivity contribution in [1.29, 1.82) is 0 Å². The quantitative estimate of drug-likeness (QED) is 0.413. The minimum absolute atomic E-state index is 0.162. The van der Waals surface area contributed by atoms with Crippen molar-refractivity contribution in [1.82, 2.24) is 39.3 Å². The number of rotatable bonds is 7. The first kappa shape index (κ1) is 24.2. The van der Waals surface area contributed by atoms with Crippen LogP contribution in [0, 0.1) is 12.7 Å². The summed E-state index contributed by atoms with van der Waals surface area (Å²) in [5, 5.41) is 3.19. The largest absolute Gasteiger partial charge is 0.326 e. The van der Waals surface area contributed by atoms with Crippen LogP contribution in [0.25, 0.3) is 22.3 Å². The average Bonchev–Trinajstić information content (AvgIpc) is 3.22. The molecule has 1 N–H and O–H groups in total. The summed E-state index contributed by atoms with van der Waals surface area (Å²) < 4.78 is 17.0. The smallest absolute Gasteiger partial charge is 0.151 e. The molecular formula is C26H32FN9. The lowest BCUT2D eigenvalue weighted by atomic mass is 10.1. The molecule has 5 rings (SSSR count). The molecular weight excluding hydrogens is 457 g/mol. The highest BCUT2D eigenvalue weighted by Gasteiger charge is 2.17. The number of hydrogen-bond acceptors (Lipinski definition) is 8. The van der Waals surface area contributed by atoms with Gasteiger partial charge in [0.15, 0.2) is 5.82 Å². The van der Waals surface area contributed by atoms with E-state index in [1.807, 2.05) is 17.6 Å². The van der Waals surface area contributed by atoms with Gasteiger partial charge in [0.05, 0.1) is 29.3 Å². The summed E-state index contributed by atoms with van der Waals surface area (Å²) in [6, 6.07) is 5.35.